The van der Waals surface area contributed by atoms with Crippen LogP contribution in [0, 0.1) is 5.92 Å². The third-order valence-corrected chi connectivity index (χ3v) is 4.86. The molecular formula is C21H23NO2. The first-order chi connectivity index (χ1) is 11.6. The lowest BCUT2D eigenvalue weighted by atomic mass is 9.72. The summed E-state index contributed by atoms with van der Waals surface area (Å²) in [5.41, 5.74) is 0.334. The minimum absolute atomic E-state index is 0.00397. The first-order valence-electron chi connectivity index (χ1n) is 8.35. The summed E-state index contributed by atoms with van der Waals surface area (Å²) >= 11 is 0. The molecule has 0 radical (unpaired) electrons. The number of hydrogen-bond acceptors (Lipinski definition) is 3. The molecule has 0 amide bonds. The molecule has 3 nitrogen and oxygen atoms in total. The maximum absolute atomic E-state index is 13.1. The van der Waals surface area contributed by atoms with Crippen LogP contribution in [0.15, 0.2) is 73.3 Å². The summed E-state index contributed by atoms with van der Waals surface area (Å²) in [6, 6.07) is 18.8. The second-order valence-electron chi connectivity index (χ2n) is 6.37. The van der Waals surface area contributed by atoms with Gasteiger partial charge in [-0.2, -0.15) is 0 Å². The highest BCUT2D eigenvalue weighted by atomic mass is 16.3. The number of carbonyl (C=O) groups excluding carboxylic acids is 1. The van der Waals surface area contributed by atoms with Crippen LogP contribution in [0.5, 0.6) is 0 Å². The number of ketones is 1. The van der Waals surface area contributed by atoms with E-state index in [0.29, 0.717) is 18.5 Å². The summed E-state index contributed by atoms with van der Waals surface area (Å²) < 4.78 is 0. The molecule has 2 atom stereocenters. The van der Waals surface area contributed by atoms with Crippen LogP contribution in [0.3, 0.4) is 0 Å². The fraction of sp³-hybridized carbons (Fsp3) is 0.286. The average Bonchev–Trinajstić information content (AvgIpc) is 2.64. The van der Waals surface area contributed by atoms with Gasteiger partial charge in [-0.1, -0.05) is 66.7 Å². The maximum atomic E-state index is 13.1. The topological polar surface area (TPSA) is 40.5 Å². The lowest BCUT2D eigenvalue weighted by Crippen LogP contribution is -2.53. The Balaban J connectivity index is 1.97. The molecule has 0 bridgehead atoms. The number of hydrogen-bond donors (Lipinski definition) is 1. The fourth-order valence-corrected chi connectivity index (χ4v) is 3.53. The zero-order valence-electron chi connectivity index (χ0n) is 13.8. The number of nitrogens with zero attached hydrogens (tertiary/aromatic N) is 1. The molecule has 1 heterocycles. The molecule has 3 rings (SSSR count). The number of carbonyl (C=O) groups is 1. The van der Waals surface area contributed by atoms with E-state index in [1.165, 1.54) is 0 Å². The van der Waals surface area contributed by atoms with Crippen LogP contribution in [0.1, 0.15) is 22.3 Å². The van der Waals surface area contributed by atoms with Gasteiger partial charge in [-0.3, -0.25) is 9.69 Å². The molecule has 124 valence electrons. The van der Waals surface area contributed by atoms with Gasteiger partial charge in [0.15, 0.2) is 5.78 Å². The van der Waals surface area contributed by atoms with E-state index < -0.39 is 11.5 Å². The molecule has 0 spiro atoms. The number of rotatable bonds is 5. The Hall–Kier alpha value is -2.23. The van der Waals surface area contributed by atoms with Crippen molar-refractivity contribution in [1.82, 2.24) is 4.90 Å². The van der Waals surface area contributed by atoms with Crippen LogP contribution >= 0.6 is 0 Å². The summed E-state index contributed by atoms with van der Waals surface area (Å²) in [7, 11) is 0. The Morgan fingerprint density at radius 1 is 1.17 bits per heavy atom. The molecule has 2 aromatic rings. The minimum Gasteiger partial charge on any atom is -0.384 e. The van der Waals surface area contributed by atoms with Gasteiger partial charge < -0.3 is 5.11 Å². The second kappa shape index (κ2) is 7.12. The quantitative estimate of drug-likeness (QED) is 0.679. The van der Waals surface area contributed by atoms with Crippen molar-refractivity contribution in [2.24, 2.45) is 5.92 Å². The number of likely N-dealkylation sites (tertiary alicyclic amines) is 1. The lowest BCUT2D eigenvalue weighted by molar-refractivity contribution is -0.0620. The molecule has 1 saturated heterocycles. The smallest absolute Gasteiger partial charge is 0.170 e. The first-order valence-corrected chi connectivity index (χ1v) is 8.35. The van der Waals surface area contributed by atoms with Crippen LogP contribution in [-0.4, -0.2) is 35.4 Å². The molecule has 0 saturated carbocycles. The van der Waals surface area contributed by atoms with Crippen LogP contribution in [-0.2, 0) is 5.60 Å². The van der Waals surface area contributed by atoms with Gasteiger partial charge >= 0.3 is 0 Å². The summed E-state index contributed by atoms with van der Waals surface area (Å²) in [5.74, 6) is -0.494. The molecule has 1 N–H and O–H groups in total. The first kappa shape index (κ1) is 16.6. The lowest BCUT2D eigenvalue weighted by Gasteiger charge is -2.44. The van der Waals surface area contributed by atoms with Gasteiger partial charge in [0.25, 0.3) is 0 Å². The van der Waals surface area contributed by atoms with E-state index in [1.807, 2.05) is 66.7 Å². The monoisotopic (exact) mass is 321 g/mol. The molecule has 24 heavy (non-hydrogen) atoms. The molecule has 1 aliphatic rings. The highest BCUT2D eigenvalue weighted by Crippen LogP contribution is 2.39. The fourth-order valence-electron chi connectivity index (χ4n) is 3.53. The van der Waals surface area contributed by atoms with Crippen molar-refractivity contribution in [3.63, 3.8) is 0 Å². The van der Waals surface area contributed by atoms with Crippen molar-refractivity contribution in [2.45, 2.75) is 12.0 Å². The van der Waals surface area contributed by atoms with E-state index in [-0.39, 0.29) is 5.78 Å². The van der Waals surface area contributed by atoms with Crippen LogP contribution in [0.4, 0.5) is 0 Å². The van der Waals surface area contributed by atoms with Gasteiger partial charge in [0, 0.05) is 25.2 Å². The molecule has 0 aromatic heterocycles. The van der Waals surface area contributed by atoms with E-state index in [9.17, 15) is 9.90 Å². The van der Waals surface area contributed by atoms with Crippen LogP contribution in [0.2, 0.25) is 0 Å². The van der Waals surface area contributed by atoms with E-state index in [1.54, 1.807) is 0 Å². The Bertz CT molecular complexity index is 698. The zero-order valence-corrected chi connectivity index (χ0v) is 13.8. The molecule has 0 aliphatic carbocycles. The molecule has 2 unspecified atom stereocenters. The van der Waals surface area contributed by atoms with Gasteiger partial charge in [-0.15, -0.1) is 6.58 Å². The number of aliphatic hydroxyl groups is 1. The number of benzene rings is 2. The third kappa shape index (κ3) is 3.18. The van der Waals surface area contributed by atoms with E-state index in [0.717, 1.165) is 18.7 Å². The van der Waals surface area contributed by atoms with Crippen molar-refractivity contribution in [3.8, 4) is 0 Å². The Labute approximate surface area is 143 Å². The largest absolute Gasteiger partial charge is 0.384 e. The second-order valence-corrected chi connectivity index (χ2v) is 6.37. The Morgan fingerprint density at radius 3 is 2.42 bits per heavy atom. The summed E-state index contributed by atoms with van der Waals surface area (Å²) in [4.78, 5) is 15.3. The standard InChI is InChI=1S/C21H23NO2/c1-2-14-22-15-13-21(24,18-11-7-4-8-12-18)19(16-22)20(23)17-9-5-3-6-10-17/h2-12,19,24H,1,13-16H2. The van der Waals surface area contributed by atoms with Gasteiger partial charge in [-0.05, 0) is 12.0 Å². The predicted octanol–water partition coefficient (Wildman–Crippen LogP) is 3.27. The summed E-state index contributed by atoms with van der Waals surface area (Å²) in [6.45, 7) is 5.79. The van der Waals surface area contributed by atoms with Gasteiger partial charge in [-0.25, -0.2) is 0 Å². The molecular weight excluding hydrogens is 298 g/mol. The van der Waals surface area contributed by atoms with E-state index in [4.69, 9.17) is 0 Å². The molecule has 2 aromatic carbocycles. The Kier molecular flexibility index (Phi) is 4.93. The van der Waals surface area contributed by atoms with Crippen molar-refractivity contribution < 1.29 is 9.90 Å². The van der Waals surface area contributed by atoms with Crippen molar-refractivity contribution in [3.05, 3.63) is 84.4 Å². The van der Waals surface area contributed by atoms with Gasteiger partial charge in [0.1, 0.15) is 5.60 Å². The third-order valence-electron chi connectivity index (χ3n) is 4.86. The molecule has 3 heteroatoms. The summed E-state index contributed by atoms with van der Waals surface area (Å²) in [6.07, 6.45) is 2.38. The van der Waals surface area contributed by atoms with Crippen LogP contribution in [0.25, 0.3) is 0 Å². The van der Waals surface area contributed by atoms with E-state index in [2.05, 4.69) is 11.5 Å². The Morgan fingerprint density at radius 2 is 1.79 bits per heavy atom. The van der Waals surface area contributed by atoms with Crippen molar-refractivity contribution >= 4 is 5.78 Å². The SMILES string of the molecule is C=CCN1CCC(O)(c2ccccc2)C(C(=O)c2ccccc2)C1. The normalized spacial score (nSPS) is 24.5. The molecule has 1 aliphatic heterocycles. The highest BCUT2D eigenvalue weighted by molar-refractivity contribution is 5.99. The highest BCUT2D eigenvalue weighted by Gasteiger charge is 2.46. The van der Waals surface area contributed by atoms with Gasteiger partial charge in [0.2, 0.25) is 0 Å². The molecule has 1 fully saturated rings. The maximum Gasteiger partial charge on any atom is 0.170 e. The zero-order chi connectivity index (χ0) is 17.0. The van der Waals surface area contributed by atoms with Crippen molar-refractivity contribution in [1.29, 1.82) is 0 Å². The number of piperidine rings is 1. The average molecular weight is 321 g/mol. The predicted molar refractivity (Wildman–Crippen MR) is 95.9 cm³/mol. The van der Waals surface area contributed by atoms with Crippen molar-refractivity contribution in [2.75, 3.05) is 19.6 Å². The van der Waals surface area contributed by atoms with Crippen LogP contribution < -0.4 is 0 Å². The number of Topliss-reactive ketones (excluding diaryl/α,β-unsaturated/α-hetero) is 1. The minimum atomic E-state index is -1.13. The van der Waals surface area contributed by atoms with Gasteiger partial charge in [0.05, 0.1) is 5.92 Å². The van der Waals surface area contributed by atoms with E-state index >= 15 is 0 Å². The summed E-state index contributed by atoms with van der Waals surface area (Å²) in [5, 5.41) is 11.4.